The van der Waals surface area contributed by atoms with Gasteiger partial charge < -0.3 is 19.7 Å². The number of carbonyl (C=O) groups is 1. The van der Waals surface area contributed by atoms with Gasteiger partial charge in [-0.05, 0) is 68.9 Å². The van der Waals surface area contributed by atoms with E-state index in [-0.39, 0.29) is 5.91 Å². The van der Waals surface area contributed by atoms with E-state index < -0.39 is 0 Å². The summed E-state index contributed by atoms with van der Waals surface area (Å²) in [7, 11) is 3.29. The number of aryl methyl sites for hydroxylation is 1. The Morgan fingerprint density at radius 3 is 2.53 bits per heavy atom. The van der Waals surface area contributed by atoms with Crippen LogP contribution in [0.4, 0.5) is 0 Å². The molecule has 1 amide bonds. The molecule has 1 saturated carbocycles. The standard InChI is InChI=1S/C24H34N2O3S/c1-18-9-11-21(30-18)17-26(24(27)16-25-20-7-5-4-6-8-20)14-13-19-10-12-22(28-2)23(15-19)29-3/h9-12,15,20,25H,4-8,13-14,16-17H2,1-3H3/p+1. The third-order valence-corrected chi connectivity index (χ3v) is 6.87. The first-order valence-corrected chi connectivity index (χ1v) is 11.8. The summed E-state index contributed by atoms with van der Waals surface area (Å²) < 4.78 is 10.8. The van der Waals surface area contributed by atoms with Crippen LogP contribution in [0, 0.1) is 6.92 Å². The highest BCUT2D eigenvalue weighted by Gasteiger charge is 2.21. The van der Waals surface area contributed by atoms with E-state index in [1.54, 1.807) is 25.6 Å². The zero-order valence-corrected chi connectivity index (χ0v) is 19.3. The van der Waals surface area contributed by atoms with Crippen molar-refractivity contribution >= 4 is 17.2 Å². The number of hydrogen-bond acceptors (Lipinski definition) is 4. The fourth-order valence-electron chi connectivity index (χ4n) is 4.12. The Morgan fingerprint density at radius 2 is 1.87 bits per heavy atom. The summed E-state index contributed by atoms with van der Waals surface area (Å²) in [6, 6.07) is 10.9. The van der Waals surface area contributed by atoms with E-state index in [0.29, 0.717) is 25.7 Å². The van der Waals surface area contributed by atoms with Gasteiger partial charge >= 0.3 is 0 Å². The van der Waals surface area contributed by atoms with Crippen molar-refractivity contribution in [1.29, 1.82) is 0 Å². The average Bonchev–Trinajstić information content (AvgIpc) is 3.20. The number of thiophene rings is 1. The van der Waals surface area contributed by atoms with Crippen LogP contribution in [-0.4, -0.2) is 44.2 Å². The Labute approximate surface area is 184 Å². The molecule has 1 aromatic carbocycles. The van der Waals surface area contributed by atoms with E-state index in [0.717, 1.165) is 23.5 Å². The molecule has 2 aromatic rings. The lowest BCUT2D eigenvalue weighted by Gasteiger charge is -2.24. The maximum absolute atomic E-state index is 13.1. The minimum Gasteiger partial charge on any atom is -0.493 e. The largest absolute Gasteiger partial charge is 0.493 e. The third kappa shape index (κ3) is 6.47. The van der Waals surface area contributed by atoms with Crippen LogP contribution >= 0.6 is 11.3 Å². The highest BCUT2D eigenvalue weighted by molar-refractivity contribution is 7.11. The second kappa shape index (κ2) is 11.4. The first-order valence-electron chi connectivity index (χ1n) is 11.0. The lowest BCUT2D eigenvalue weighted by atomic mass is 9.95. The van der Waals surface area contributed by atoms with E-state index in [1.165, 1.54) is 41.9 Å². The van der Waals surface area contributed by atoms with Crippen LogP contribution in [0.2, 0.25) is 0 Å². The Bertz CT molecular complexity index is 815. The number of ether oxygens (including phenoxy) is 2. The number of methoxy groups -OCH3 is 2. The van der Waals surface area contributed by atoms with Gasteiger partial charge in [-0.3, -0.25) is 4.79 Å². The number of rotatable bonds is 10. The quantitative estimate of drug-likeness (QED) is 0.626. The summed E-state index contributed by atoms with van der Waals surface area (Å²) >= 11 is 1.77. The van der Waals surface area contributed by atoms with Gasteiger partial charge in [-0.2, -0.15) is 0 Å². The monoisotopic (exact) mass is 431 g/mol. The minimum absolute atomic E-state index is 0.229. The highest BCUT2D eigenvalue weighted by Crippen LogP contribution is 2.28. The third-order valence-electron chi connectivity index (χ3n) is 5.89. The summed E-state index contributed by atoms with van der Waals surface area (Å²) in [5.41, 5.74) is 1.14. The molecule has 2 N–H and O–H groups in total. The van der Waals surface area contributed by atoms with Gasteiger partial charge in [0.25, 0.3) is 5.91 Å². The number of hydrogen-bond donors (Lipinski definition) is 1. The summed E-state index contributed by atoms with van der Waals surface area (Å²) in [4.78, 5) is 17.6. The second-order valence-electron chi connectivity index (χ2n) is 8.10. The molecule has 1 aliphatic carbocycles. The number of carbonyl (C=O) groups excluding carboxylic acids is 1. The molecule has 0 unspecified atom stereocenters. The molecule has 164 valence electrons. The van der Waals surface area contributed by atoms with Crippen LogP contribution in [0.3, 0.4) is 0 Å². The minimum atomic E-state index is 0.229. The van der Waals surface area contributed by atoms with Gasteiger partial charge in [0.05, 0.1) is 26.8 Å². The molecule has 5 nitrogen and oxygen atoms in total. The molecule has 6 heteroatoms. The Morgan fingerprint density at radius 1 is 1.10 bits per heavy atom. The molecule has 1 aromatic heterocycles. The van der Waals surface area contributed by atoms with Gasteiger partial charge in [-0.15, -0.1) is 11.3 Å². The molecule has 3 rings (SSSR count). The van der Waals surface area contributed by atoms with Gasteiger partial charge in [-0.25, -0.2) is 0 Å². The summed E-state index contributed by atoms with van der Waals surface area (Å²) in [5.74, 6) is 1.69. The van der Waals surface area contributed by atoms with Crippen molar-refractivity contribution in [2.24, 2.45) is 0 Å². The fourth-order valence-corrected chi connectivity index (χ4v) is 5.02. The lowest BCUT2D eigenvalue weighted by Crippen LogP contribution is -2.92. The van der Waals surface area contributed by atoms with Crippen LogP contribution in [-0.2, 0) is 17.8 Å². The number of quaternary nitrogens is 1. The molecule has 1 heterocycles. The van der Waals surface area contributed by atoms with E-state index in [2.05, 4.69) is 24.4 Å². The molecule has 0 atom stereocenters. The van der Waals surface area contributed by atoms with Crippen LogP contribution < -0.4 is 14.8 Å². The second-order valence-corrected chi connectivity index (χ2v) is 9.48. The molecule has 0 bridgehead atoms. The molecule has 0 spiro atoms. The van der Waals surface area contributed by atoms with E-state index in [4.69, 9.17) is 9.47 Å². The van der Waals surface area contributed by atoms with Crippen molar-refractivity contribution in [3.8, 4) is 11.5 Å². The van der Waals surface area contributed by atoms with Crippen LogP contribution in [0.15, 0.2) is 30.3 Å². The Kier molecular flexibility index (Phi) is 8.58. The molecule has 1 aliphatic rings. The fraction of sp³-hybridized carbons (Fsp3) is 0.542. The Balaban J connectivity index is 1.63. The summed E-state index contributed by atoms with van der Waals surface area (Å²) in [5, 5.41) is 2.27. The number of benzene rings is 1. The first-order chi connectivity index (χ1) is 14.6. The SMILES string of the molecule is COc1ccc(CCN(Cc2ccc(C)s2)C(=O)C[NH2+]C2CCCCC2)cc1OC. The predicted octanol–water partition coefficient (Wildman–Crippen LogP) is 3.54. The zero-order valence-electron chi connectivity index (χ0n) is 18.5. The average molecular weight is 432 g/mol. The maximum atomic E-state index is 13.1. The smallest absolute Gasteiger partial charge is 0.278 e. The van der Waals surface area contributed by atoms with Crippen LogP contribution in [0.25, 0.3) is 0 Å². The van der Waals surface area contributed by atoms with Crippen molar-refractivity contribution in [2.45, 2.75) is 58.0 Å². The predicted molar refractivity (Wildman–Crippen MR) is 121 cm³/mol. The number of amides is 1. The molecular formula is C24H35N2O3S+. The number of nitrogens with two attached hydrogens (primary N) is 1. The maximum Gasteiger partial charge on any atom is 0.278 e. The molecule has 0 aliphatic heterocycles. The Hall–Kier alpha value is -2.05. The van der Waals surface area contributed by atoms with Crippen molar-refractivity contribution in [3.05, 3.63) is 45.6 Å². The molecule has 30 heavy (non-hydrogen) atoms. The normalized spacial score (nSPS) is 14.5. The van der Waals surface area contributed by atoms with Gasteiger partial charge in [0.2, 0.25) is 0 Å². The first kappa shape index (κ1) is 22.6. The van der Waals surface area contributed by atoms with E-state index >= 15 is 0 Å². The van der Waals surface area contributed by atoms with Gasteiger partial charge in [-0.1, -0.05) is 12.5 Å². The van der Waals surface area contributed by atoms with Crippen molar-refractivity contribution in [2.75, 3.05) is 27.3 Å². The van der Waals surface area contributed by atoms with Crippen molar-refractivity contribution in [3.63, 3.8) is 0 Å². The van der Waals surface area contributed by atoms with Crippen LogP contribution in [0.1, 0.15) is 47.4 Å². The lowest BCUT2D eigenvalue weighted by molar-refractivity contribution is -0.682. The zero-order chi connectivity index (χ0) is 21.3. The van der Waals surface area contributed by atoms with E-state index in [9.17, 15) is 4.79 Å². The molecule has 1 fully saturated rings. The van der Waals surface area contributed by atoms with E-state index in [1.807, 2.05) is 23.1 Å². The van der Waals surface area contributed by atoms with Crippen LogP contribution in [0.5, 0.6) is 11.5 Å². The molecular weight excluding hydrogens is 396 g/mol. The van der Waals surface area contributed by atoms with Gasteiger partial charge in [0.15, 0.2) is 18.0 Å². The summed E-state index contributed by atoms with van der Waals surface area (Å²) in [6.07, 6.45) is 7.21. The molecule has 0 saturated heterocycles. The van der Waals surface area contributed by atoms with Crippen molar-refractivity contribution < 1.29 is 19.6 Å². The molecule has 0 radical (unpaired) electrons. The van der Waals surface area contributed by atoms with Crippen molar-refractivity contribution in [1.82, 2.24) is 4.90 Å². The highest BCUT2D eigenvalue weighted by atomic mass is 32.1. The summed E-state index contributed by atoms with van der Waals surface area (Å²) in [6.45, 7) is 4.04. The van der Waals surface area contributed by atoms with Gasteiger partial charge in [0.1, 0.15) is 0 Å². The topological polar surface area (TPSA) is 55.4 Å². The van der Waals surface area contributed by atoms with Gasteiger partial charge in [0, 0.05) is 16.3 Å². The number of nitrogens with zero attached hydrogens (tertiary/aromatic N) is 1.